The highest BCUT2D eigenvalue weighted by atomic mass is 15.3. The van der Waals surface area contributed by atoms with E-state index in [4.69, 9.17) is 0 Å². The van der Waals surface area contributed by atoms with Crippen LogP contribution in [0.15, 0.2) is 12.2 Å². The van der Waals surface area contributed by atoms with Crippen molar-refractivity contribution < 1.29 is 0 Å². The summed E-state index contributed by atoms with van der Waals surface area (Å²) in [5.41, 5.74) is 0. The molecule has 0 aliphatic carbocycles. The maximum Gasteiger partial charge on any atom is 0.0730 e. The predicted octanol–water partition coefficient (Wildman–Crippen LogP) is 5.93. The first-order valence-corrected chi connectivity index (χ1v) is 10.5. The first-order chi connectivity index (χ1) is 11.3. The summed E-state index contributed by atoms with van der Waals surface area (Å²) in [6.45, 7) is 5.70. The topological polar surface area (TPSA) is 34.0 Å². The lowest BCUT2D eigenvalue weighted by atomic mass is 10.1. The molecule has 0 saturated carbocycles. The molecule has 2 unspecified atom stereocenters. The maximum absolute atomic E-state index is 3.54. The van der Waals surface area contributed by atoms with Gasteiger partial charge in [-0.1, -0.05) is 76.9 Å². The van der Waals surface area contributed by atoms with Crippen LogP contribution in [0.4, 0.5) is 0 Å². The number of hydrogen-bond acceptors (Lipinski definition) is 2. The van der Waals surface area contributed by atoms with Crippen LogP contribution in [0.2, 0.25) is 0 Å². The lowest BCUT2D eigenvalue weighted by Crippen LogP contribution is -2.21. The van der Waals surface area contributed by atoms with Crippen molar-refractivity contribution in [3.63, 3.8) is 0 Å². The Bertz CT molecular complexity index is 275. The highest BCUT2D eigenvalue weighted by Crippen LogP contribution is 2.10. The van der Waals surface area contributed by atoms with Gasteiger partial charge in [0, 0.05) is 6.04 Å². The van der Waals surface area contributed by atoms with E-state index in [1.54, 1.807) is 0 Å². The minimum Gasteiger partial charge on any atom is -0.301 e. The molecule has 0 aromatic heterocycles. The summed E-state index contributed by atoms with van der Waals surface area (Å²) in [6.07, 6.45) is 24.9. The van der Waals surface area contributed by atoms with Gasteiger partial charge in [-0.05, 0) is 45.6 Å². The normalized spacial score (nSPS) is 20.4. The number of allylic oxidation sites excluding steroid dienone is 2. The van der Waals surface area contributed by atoms with Gasteiger partial charge in [0.1, 0.15) is 0 Å². The Morgan fingerprint density at radius 2 is 1.22 bits per heavy atom. The van der Waals surface area contributed by atoms with Gasteiger partial charge in [0.2, 0.25) is 0 Å². The molecule has 0 spiro atoms. The van der Waals surface area contributed by atoms with Gasteiger partial charge in [0.15, 0.2) is 0 Å². The van der Waals surface area contributed by atoms with Crippen LogP contribution in [-0.2, 0) is 0 Å². The maximum atomic E-state index is 3.54. The number of rotatable bonds is 17. The highest BCUT2D eigenvalue weighted by molar-refractivity contribution is 4.91. The van der Waals surface area contributed by atoms with Crippen LogP contribution in [0.3, 0.4) is 0 Å². The van der Waals surface area contributed by atoms with E-state index >= 15 is 0 Å². The second-order valence-electron chi connectivity index (χ2n) is 7.32. The quantitative estimate of drug-likeness (QED) is 0.198. The molecule has 1 fully saturated rings. The first kappa shape index (κ1) is 20.7. The zero-order valence-electron chi connectivity index (χ0n) is 15.9. The molecule has 0 amide bonds. The molecule has 1 heterocycles. The Hall–Kier alpha value is -0.340. The third-order valence-corrected chi connectivity index (χ3v) is 4.89. The van der Waals surface area contributed by atoms with Crippen molar-refractivity contribution >= 4 is 0 Å². The molecule has 0 aromatic carbocycles. The van der Waals surface area contributed by atoms with Crippen LogP contribution >= 0.6 is 0 Å². The van der Waals surface area contributed by atoms with Crippen LogP contribution in [-0.4, -0.2) is 18.8 Å². The Labute approximate surface area is 145 Å². The molecule has 2 nitrogen and oxygen atoms in total. The van der Waals surface area contributed by atoms with Crippen molar-refractivity contribution in [3.05, 3.63) is 12.2 Å². The minimum absolute atomic E-state index is 0.609. The first-order valence-electron chi connectivity index (χ1n) is 10.5. The zero-order valence-corrected chi connectivity index (χ0v) is 15.9. The molecule has 0 bridgehead atoms. The largest absolute Gasteiger partial charge is 0.301 e. The van der Waals surface area contributed by atoms with Crippen LogP contribution in [0, 0.1) is 0 Å². The van der Waals surface area contributed by atoms with E-state index in [0.717, 1.165) is 0 Å². The minimum atomic E-state index is 0.609. The summed E-state index contributed by atoms with van der Waals surface area (Å²) in [6, 6.07) is 0.698. The Balaban J connectivity index is 1.66. The van der Waals surface area contributed by atoms with Crippen molar-refractivity contribution in [1.82, 2.24) is 10.6 Å². The van der Waals surface area contributed by atoms with E-state index in [1.807, 2.05) is 0 Å². The molecule has 0 aromatic rings. The van der Waals surface area contributed by atoms with E-state index in [0.29, 0.717) is 12.2 Å². The molecule has 136 valence electrons. The molecule has 1 aliphatic heterocycles. The third kappa shape index (κ3) is 13.8. The fourth-order valence-corrected chi connectivity index (χ4v) is 3.09. The average Bonchev–Trinajstić information content (AvgIpc) is 3.26. The summed E-state index contributed by atoms with van der Waals surface area (Å²) in [7, 11) is 0. The molecule has 2 heteroatoms. The Morgan fingerprint density at radius 3 is 1.74 bits per heavy atom. The summed E-state index contributed by atoms with van der Waals surface area (Å²) < 4.78 is 0. The third-order valence-electron chi connectivity index (χ3n) is 4.89. The monoisotopic (exact) mass is 322 g/mol. The standard InChI is InChI=1S/C21H42N2/c1-3-4-5-6-7-8-9-10-11-12-13-14-15-16-17-18-19-22-21-20(2)23-21/h10-11,20-23H,3-9,12-19H2,1-2H3/b11-10-. The molecular weight excluding hydrogens is 280 g/mol. The summed E-state index contributed by atoms with van der Waals surface area (Å²) in [5.74, 6) is 0. The fourth-order valence-electron chi connectivity index (χ4n) is 3.09. The van der Waals surface area contributed by atoms with E-state index < -0.39 is 0 Å². The number of unbranched alkanes of at least 4 members (excludes halogenated alkanes) is 12. The van der Waals surface area contributed by atoms with Crippen molar-refractivity contribution in [1.29, 1.82) is 0 Å². The molecule has 1 saturated heterocycles. The molecule has 1 aliphatic rings. The summed E-state index contributed by atoms with van der Waals surface area (Å²) in [4.78, 5) is 0. The van der Waals surface area contributed by atoms with Crippen LogP contribution in [0.1, 0.15) is 104 Å². The van der Waals surface area contributed by atoms with Gasteiger partial charge in [-0.15, -0.1) is 0 Å². The molecule has 1 rings (SSSR count). The van der Waals surface area contributed by atoms with Gasteiger partial charge in [0.05, 0.1) is 6.17 Å². The average molecular weight is 323 g/mol. The Morgan fingerprint density at radius 1 is 0.739 bits per heavy atom. The molecule has 23 heavy (non-hydrogen) atoms. The lowest BCUT2D eigenvalue weighted by molar-refractivity contribution is 0.560. The van der Waals surface area contributed by atoms with E-state index in [2.05, 4.69) is 36.6 Å². The van der Waals surface area contributed by atoms with Crippen molar-refractivity contribution in [2.24, 2.45) is 0 Å². The lowest BCUT2D eigenvalue weighted by Gasteiger charge is -2.02. The van der Waals surface area contributed by atoms with Gasteiger partial charge < -0.3 is 5.32 Å². The van der Waals surface area contributed by atoms with E-state index in [-0.39, 0.29) is 0 Å². The number of nitrogens with one attached hydrogen (secondary N) is 2. The molecule has 2 atom stereocenters. The summed E-state index contributed by atoms with van der Waals surface area (Å²) >= 11 is 0. The van der Waals surface area contributed by atoms with Crippen LogP contribution < -0.4 is 10.6 Å². The van der Waals surface area contributed by atoms with Crippen molar-refractivity contribution in [3.8, 4) is 0 Å². The fraction of sp³-hybridized carbons (Fsp3) is 0.905. The number of hydrogen-bond donors (Lipinski definition) is 2. The molecular formula is C21H42N2. The zero-order chi connectivity index (χ0) is 16.6. The highest BCUT2D eigenvalue weighted by Gasteiger charge is 2.29. The van der Waals surface area contributed by atoms with Gasteiger partial charge in [-0.2, -0.15) is 0 Å². The van der Waals surface area contributed by atoms with Gasteiger partial charge in [0.25, 0.3) is 0 Å². The SMILES string of the molecule is CCCCCCCC/C=C\CCCCCCCCNC1NC1C. The predicted molar refractivity (Wildman–Crippen MR) is 104 cm³/mol. The smallest absolute Gasteiger partial charge is 0.0730 e. The Kier molecular flexibility index (Phi) is 13.7. The molecule has 0 radical (unpaired) electrons. The summed E-state index contributed by atoms with van der Waals surface area (Å²) in [5, 5.41) is 6.90. The molecule has 2 N–H and O–H groups in total. The van der Waals surface area contributed by atoms with Gasteiger partial charge in [-0.25, -0.2) is 0 Å². The van der Waals surface area contributed by atoms with Gasteiger partial charge >= 0.3 is 0 Å². The second kappa shape index (κ2) is 15.2. The second-order valence-corrected chi connectivity index (χ2v) is 7.32. The van der Waals surface area contributed by atoms with Gasteiger partial charge in [-0.3, -0.25) is 5.32 Å². The van der Waals surface area contributed by atoms with Crippen LogP contribution in [0.25, 0.3) is 0 Å². The van der Waals surface area contributed by atoms with E-state index in [9.17, 15) is 0 Å². The van der Waals surface area contributed by atoms with Crippen molar-refractivity contribution in [2.45, 2.75) is 116 Å². The van der Waals surface area contributed by atoms with Crippen molar-refractivity contribution in [2.75, 3.05) is 6.54 Å². The van der Waals surface area contributed by atoms with Crippen LogP contribution in [0.5, 0.6) is 0 Å². The van der Waals surface area contributed by atoms with E-state index in [1.165, 1.54) is 96.4 Å².